The van der Waals surface area contributed by atoms with Gasteiger partial charge in [0.2, 0.25) is 0 Å². The van der Waals surface area contributed by atoms with E-state index in [-0.39, 0.29) is 17.9 Å². The summed E-state index contributed by atoms with van der Waals surface area (Å²) >= 11 is 0. The Balaban J connectivity index is 3.21. The van der Waals surface area contributed by atoms with E-state index in [1.54, 1.807) is 32.9 Å². The summed E-state index contributed by atoms with van der Waals surface area (Å²) in [6.45, 7) is 7.18. The largest absolute Gasteiger partial charge is 0.508 e. The molecule has 0 fully saturated rings. The third-order valence-corrected chi connectivity index (χ3v) is 2.87. The molecule has 6 nitrogen and oxygen atoms in total. The molecule has 1 atom stereocenters. The van der Waals surface area contributed by atoms with Crippen molar-refractivity contribution in [1.82, 2.24) is 4.90 Å². The van der Waals surface area contributed by atoms with Gasteiger partial charge >= 0.3 is 12.1 Å². The number of carboxylic acids is 1. The van der Waals surface area contributed by atoms with Crippen molar-refractivity contribution in [3.05, 3.63) is 29.8 Å². The molecule has 22 heavy (non-hydrogen) atoms. The number of nitrogens with zero attached hydrogens (tertiary/aromatic N) is 1. The molecular formula is C16H23NO5. The smallest absolute Gasteiger partial charge is 0.411 e. The Bertz CT molecular complexity index is 536. The standard InChI is InChI=1S/C16H23NO5/c1-5-10-17(15(21)22-16(2,3)4)13(14(19)20)11-8-6-7-9-12(11)18/h6-9,13,18H,5,10H2,1-4H3,(H,19,20). The molecule has 1 aromatic carbocycles. The molecule has 2 N–H and O–H groups in total. The molecule has 122 valence electrons. The van der Waals surface area contributed by atoms with Gasteiger partial charge in [-0.3, -0.25) is 4.90 Å². The first-order valence-electron chi connectivity index (χ1n) is 7.17. The molecule has 1 unspecified atom stereocenters. The van der Waals surface area contributed by atoms with Gasteiger partial charge in [-0.1, -0.05) is 25.1 Å². The van der Waals surface area contributed by atoms with E-state index < -0.39 is 23.7 Å². The number of amides is 1. The van der Waals surface area contributed by atoms with E-state index in [0.717, 1.165) is 4.90 Å². The first-order chi connectivity index (χ1) is 10.2. The van der Waals surface area contributed by atoms with E-state index in [4.69, 9.17) is 4.74 Å². The van der Waals surface area contributed by atoms with Gasteiger partial charge < -0.3 is 14.9 Å². The van der Waals surface area contributed by atoms with Crippen molar-refractivity contribution in [2.24, 2.45) is 0 Å². The van der Waals surface area contributed by atoms with Crippen molar-refractivity contribution in [2.75, 3.05) is 6.54 Å². The van der Waals surface area contributed by atoms with E-state index in [1.165, 1.54) is 12.1 Å². The molecule has 0 aliphatic rings. The van der Waals surface area contributed by atoms with Crippen LogP contribution in [-0.4, -0.2) is 39.3 Å². The SMILES string of the molecule is CCCN(C(=O)OC(C)(C)C)C(C(=O)O)c1ccccc1O. The predicted octanol–water partition coefficient (Wildman–Crippen LogP) is 3.17. The number of carbonyl (C=O) groups excluding carboxylic acids is 1. The lowest BCUT2D eigenvalue weighted by Gasteiger charge is -2.31. The minimum atomic E-state index is -1.30. The molecule has 1 amide bonds. The monoisotopic (exact) mass is 309 g/mol. The summed E-state index contributed by atoms with van der Waals surface area (Å²) in [5.74, 6) is -1.39. The van der Waals surface area contributed by atoms with Crippen molar-refractivity contribution in [3.63, 3.8) is 0 Å². The number of hydrogen-bond donors (Lipinski definition) is 2. The van der Waals surface area contributed by atoms with Crippen molar-refractivity contribution in [2.45, 2.75) is 45.8 Å². The van der Waals surface area contributed by atoms with Gasteiger partial charge in [-0.05, 0) is 33.3 Å². The number of hydrogen-bond acceptors (Lipinski definition) is 4. The zero-order valence-electron chi connectivity index (χ0n) is 13.4. The van der Waals surface area contributed by atoms with Gasteiger partial charge in [-0.2, -0.15) is 0 Å². The average Bonchev–Trinajstić information content (AvgIpc) is 2.37. The summed E-state index contributed by atoms with van der Waals surface area (Å²) < 4.78 is 5.29. The van der Waals surface area contributed by atoms with E-state index in [9.17, 15) is 19.8 Å². The maximum atomic E-state index is 12.3. The van der Waals surface area contributed by atoms with Crippen LogP contribution in [0.2, 0.25) is 0 Å². The number of carbonyl (C=O) groups is 2. The maximum absolute atomic E-state index is 12.3. The zero-order valence-corrected chi connectivity index (χ0v) is 13.4. The molecule has 1 aromatic rings. The van der Waals surface area contributed by atoms with E-state index >= 15 is 0 Å². The normalized spacial score (nSPS) is 12.5. The lowest BCUT2D eigenvalue weighted by atomic mass is 10.0. The number of ether oxygens (including phenoxy) is 1. The Morgan fingerprint density at radius 2 is 1.86 bits per heavy atom. The predicted molar refractivity (Wildman–Crippen MR) is 81.7 cm³/mol. The Kier molecular flexibility index (Phi) is 5.79. The van der Waals surface area contributed by atoms with Crippen molar-refractivity contribution in [1.29, 1.82) is 0 Å². The van der Waals surface area contributed by atoms with E-state index in [0.29, 0.717) is 6.42 Å². The number of phenolic OH excluding ortho intramolecular Hbond substituents is 1. The second-order valence-corrected chi connectivity index (χ2v) is 5.97. The topological polar surface area (TPSA) is 87.1 Å². The van der Waals surface area contributed by atoms with Crippen LogP contribution in [0.4, 0.5) is 4.79 Å². The maximum Gasteiger partial charge on any atom is 0.411 e. The van der Waals surface area contributed by atoms with E-state index in [1.807, 2.05) is 6.92 Å². The molecule has 1 rings (SSSR count). The second kappa shape index (κ2) is 7.15. The van der Waals surface area contributed by atoms with Gasteiger partial charge in [-0.25, -0.2) is 9.59 Å². The summed E-state index contributed by atoms with van der Waals surface area (Å²) in [4.78, 5) is 25.1. The van der Waals surface area contributed by atoms with Crippen LogP contribution in [0.1, 0.15) is 45.7 Å². The Morgan fingerprint density at radius 1 is 1.27 bits per heavy atom. The highest BCUT2D eigenvalue weighted by Crippen LogP contribution is 2.30. The molecule has 0 radical (unpaired) electrons. The van der Waals surface area contributed by atoms with Gasteiger partial charge in [0.1, 0.15) is 11.4 Å². The van der Waals surface area contributed by atoms with Crippen LogP contribution >= 0.6 is 0 Å². The van der Waals surface area contributed by atoms with Crippen molar-refractivity contribution < 1.29 is 24.5 Å². The molecule has 0 bridgehead atoms. The van der Waals surface area contributed by atoms with Crippen LogP contribution in [0.5, 0.6) is 5.75 Å². The molecule has 0 saturated heterocycles. The molecule has 0 aliphatic heterocycles. The van der Waals surface area contributed by atoms with Crippen LogP contribution in [0.25, 0.3) is 0 Å². The van der Waals surface area contributed by atoms with Gasteiger partial charge in [0.05, 0.1) is 0 Å². The van der Waals surface area contributed by atoms with Gasteiger partial charge in [0, 0.05) is 12.1 Å². The first-order valence-corrected chi connectivity index (χ1v) is 7.17. The quantitative estimate of drug-likeness (QED) is 0.872. The number of carboxylic acid groups (broad SMARTS) is 1. The number of para-hydroxylation sites is 1. The third-order valence-electron chi connectivity index (χ3n) is 2.87. The fourth-order valence-electron chi connectivity index (χ4n) is 2.04. The van der Waals surface area contributed by atoms with Gasteiger partial charge in [-0.15, -0.1) is 0 Å². The molecule has 6 heteroatoms. The van der Waals surface area contributed by atoms with E-state index in [2.05, 4.69) is 0 Å². The van der Waals surface area contributed by atoms with Crippen molar-refractivity contribution in [3.8, 4) is 5.75 Å². The van der Waals surface area contributed by atoms with Crippen LogP contribution in [-0.2, 0) is 9.53 Å². The molecule has 0 spiro atoms. The Morgan fingerprint density at radius 3 is 2.32 bits per heavy atom. The zero-order chi connectivity index (χ0) is 16.9. The number of aromatic hydroxyl groups is 1. The molecule has 0 aliphatic carbocycles. The Labute approximate surface area is 130 Å². The summed E-state index contributed by atoms with van der Waals surface area (Å²) in [5, 5.41) is 19.5. The number of aliphatic carboxylic acids is 1. The third kappa shape index (κ3) is 4.65. The first kappa shape index (κ1) is 17.8. The number of benzene rings is 1. The molecule has 0 aromatic heterocycles. The highest BCUT2D eigenvalue weighted by Gasteiger charge is 2.35. The van der Waals surface area contributed by atoms with Gasteiger partial charge in [0.25, 0.3) is 0 Å². The summed E-state index contributed by atoms with van der Waals surface area (Å²) in [6.07, 6.45) is -0.152. The highest BCUT2D eigenvalue weighted by atomic mass is 16.6. The molecule has 0 heterocycles. The van der Waals surface area contributed by atoms with Crippen molar-refractivity contribution >= 4 is 12.1 Å². The lowest BCUT2D eigenvalue weighted by Crippen LogP contribution is -2.42. The number of rotatable bonds is 5. The summed E-state index contributed by atoms with van der Waals surface area (Å²) in [5.41, 5.74) is -0.570. The van der Waals surface area contributed by atoms with Crippen LogP contribution < -0.4 is 0 Å². The minimum absolute atomic E-state index is 0.161. The van der Waals surface area contributed by atoms with Crippen LogP contribution in [0.15, 0.2) is 24.3 Å². The minimum Gasteiger partial charge on any atom is -0.508 e. The van der Waals surface area contributed by atoms with Crippen LogP contribution in [0, 0.1) is 0 Å². The fourth-order valence-corrected chi connectivity index (χ4v) is 2.04. The molecular weight excluding hydrogens is 286 g/mol. The highest BCUT2D eigenvalue weighted by molar-refractivity contribution is 5.82. The fraction of sp³-hybridized carbons (Fsp3) is 0.500. The van der Waals surface area contributed by atoms with Gasteiger partial charge in [0.15, 0.2) is 6.04 Å². The lowest BCUT2D eigenvalue weighted by molar-refractivity contribution is -0.143. The molecule has 0 saturated carbocycles. The number of phenols is 1. The summed E-state index contributed by atoms with van der Waals surface area (Å²) in [7, 11) is 0. The van der Waals surface area contributed by atoms with Crippen LogP contribution in [0.3, 0.4) is 0 Å². The Hall–Kier alpha value is -2.24. The summed E-state index contributed by atoms with van der Waals surface area (Å²) in [6, 6.07) is 4.79. The average molecular weight is 309 g/mol. The second-order valence-electron chi connectivity index (χ2n) is 5.97.